The molecule has 1 saturated carbocycles. The molecule has 34 heavy (non-hydrogen) atoms. The predicted octanol–water partition coefficient (Wildman–Crippen LogP) is 3.17. The second-order valence-electron chi connectivity index (χ2n) is 9.13. The summed E-state index contributed by atoms with van der Waals surface area (Å²) >= 11 is 0. The van der Waals surface area contributed by atoms with Gasteiger partial charge in [-0.2, -0.15) is 10.1 Å². The number of nitrogens with one attached hydrogen (secondary N) is 1. The van der Waals surface area contributed by atoms with Crippen LogP contribution in [-0.2, 0) is 4.79 Å². The number of benzene rings is 1. The SMILES string of the molecule is O=C(C1CCC(Nc2nccc(-n3ncc4c(OCCCO)cccc43)n2)CC1)N1CCCC1. The summed E-state index contributed by atoms with van der Waals surface area (Å²) in [6.07, 6.45) is 10.1. The molecular weight excluding hydrogens is 432 g/mol. The second-order valence-corrected chi connectivity index (χ2v) is 9.13. The first-order chi connectivity index (χ1) is 16.7. The number of carbonyl (C=O) groups excluding carboxylic acids is 1. The highest BCUT2D eigenvalue weighted by atomic mass is 16.5. The van der Waals surface area contributed by atoms with Gasteiger partial charge in [-0.3, -0.25) is 4.79 Å². The van der Waals surface area contributed by atoms with Gasteiger partial charge in [0.15, 0.2) is 5.82 Å². The number of aliphatic hydroxyl groups is 1. The minimum absolute atomic E-state index is 0.0996. The zero-order chi connectivity index (χ0) is 23.3. The largest absolute Gasteiger partial charge is 0.493 e. The van der Waals surface area contributed by atoms with E-state index < -0.39 is 0 Å². The molecule has 0 unspecified atom stereocenters. The Morgan fingerprint density at radius 1 is 1.15 bits per heavy atom. The Morgan fingerprint density at radius 2 is 1.97 bits per heavy atom. The van der Waals surface area contributed by atoms with Gasteiger partial charge in [0.1, 0.15) is 5.75 Å². The predicted molar refractivity (Wildman–Crippen MR) is 129 cm³/mol. The third-order valence-electron chi connectivity index (χ3n) is 6.82. The van der Waals surface area contributed by atoms with Gasteiger partial charge in [0.25, 0.3) is 0 Å². The molecule has 9 nitrogen and oxygen atoms in total. The Balaban J connectivity index is 1.24. The van der Waals surface area contributed by atoms with Crippen molar-refractivity contribution < 1.29 is 14.6 Å². The van der Waals surface area contributed by atoms with Crippen molar-refractivity contribution in [3.05, 3.63) is 36.7 Å². The summed E-state index contributed by atoms with van der Waals surface area (Å²) < 4.78 is 7.59. The van der Waals surface area contributed by atoms with Gasteiger partial charge in [-0.25, -0.2) is 9.67 Å². The van der Waals surface area contributed by atoms with E-state index in [2.05, 4.69) is 15.4 Å². The molecule has 0 bridgehead atoms. The van der Waals surface area contributed by atoms with Crippen LogP contribution >= 0.6 is 0 Å². The van der Waals surface area contributed by atoms with Gasteiger partial charge < -0.3 is 20.1 Å². The van der Waals surface area contributed by atoms with Gasteiger partial charge in [-0.1, -0.05) is 6.07 Å². The Hall–Kier alpha value is -3.20. The molecule has 2 fully saturated rings. The number of amides is 1. The summed E-state index contributed by atoms with van der Waals surface area (Å²) in [4.78, 5) is 23.9. The van der Waals surface area contributed by atoms with E-state index >= 15 is 0 Å². The summed E-state index contributed by atoms with van der Waals surface area (Å²) in [5.74, 6) is 2.50. The van der Waals surface area contributed by atoms with Gasteiger partial charge in [0.2, 0.25) is 11.9 Å². The summed E-state index contributed by atoms with van der Waals surface area (Å²) in [5.41, 5.74) is 0.895. The summed E-state index contributed by atoms with van der Waals surface area (Å²) in [7, 11) is 0. The van der Waals surface area contributed by atoms with Crippen LogP contribution in [0.1, 0.15) is 44.9 Å². The summed E-state index contributed by atoms with van der Waals surface area (Å²) in [5, 5.41) is 17.9. The van der Waals surface area contributed by atoms with E-state index in [0.717, 1.165) is 68.3 Å². The Labute approximate surface area is 199 Å². The number of rotatable bonds is 8. The average molecular weight is 465 g/mol. The molecule has 3 aromatic rings. The number of aromatic nitrogens is 4. The number of hydrogen-bond acceptors (Lipinski definition) is 7. The van der Waals surface area contributed by atoms with Gasteiger partial charge in [0.05, 0.1) is 23.7 Å². The van der Waals surface area contributed by atoms with E-state index in [1.165, 1.54) is 0 Å². The van der Waals surface area contributed by atoms with Crippen molar-refractivity contribution in [2.75, 3.05) is 31.6 Å². The van der Waals surface area contributed by atoms with Crippen molar-refractivity contribution in [3.63, 3.8) is 0 Å². The van der Waals surface area contributed by atoms with Crippen molar-refractivity contribution in [1.29, 1.82) is 0 Å². The molecule has 1 aliphatic heterocycles. The van der Waals surface area contributed by atoms with Gasteiger partial charge >= 0.3 is 0 Å². The van der Waals surface area contributed by atoms with Crippen LogP contribution < -0.4 is 10.1 Å². The number of carbonyl (C=O) groups is 1. The lowest BCUT2D eigenvalue weighted by molar-refractivity contribution is -0.135. The molecule has 9 heteroatoms. The number of anilines is 1. The van der Waals surface area contributed by atoms with Crippen molar-refractivity contribution >= 4 is 22.8 Å². The molecular formula is C25H32N6O3. The van der Waals surface area contributed by atoms with E-state index in [9.17, 15) is 4.79 Å². The lowest BCUT2D eigenvalue weighted by atomic mass is 9.85. The quantitative estimate of drug-likeness (QED) is 0.493. The zero-order valence-electron chi connectivity index (χ0n) is 19.4. The van der Waals surface area contributed by atoms with Crippen LogP contribution in [0.25, 0.3) is 16.7 Å². The fourth-order valence-electron chi connectivity index (χ4n) is 4.98. The molecule has 5 rings (SSSR count). The molecule has 0 radical (unpaired) electrons. The van der Waals surface area contributed by atoms with Crippen LogP contribution in [0.4, 0.5) is 5.95 Å². The highest BCUT2D eigenvalue weighted by molar-refractivity contribution is 5.86. The number of likely N-dealkylation sites (tertiary alicyclic amines) is 1. The molecule has 1 saturated heterocycles. The normalized spacial score (nSPS) is 20.6. The first-order valence-electron chi connectivity index (χ1n) is 12.3. The number of ether oxygens (including phenoxy) is 1. The molecule has 1 aromatic carbocycles. The minimum atomic E-state index is 0.0996. The van der Waals surface area contributed by atoms with Gasteiger partial charge in [0, 0.05) is 50.3 Å². The first-order valence-corrected chi connectivity index (χ1v) is 12.3. The molecule has 0 atom stereocenters. The maximum absolute atomic E-state index is 12.7. The van der Waals surface area contributed by atoms with Crippen molar-refractivity contribution in [2.45, 2.75) is 51.0 Å². The van der Waals surface area contributed by atoms with Crippen LogP contribution in [0.15, 0.2) is 36.7 Å². The topological polar surface area (TPSA) is 105 Å². The van der Waals surface area contributed by atoms with Crippen LogP contribution in [0.3, 0.4) is 0 Å². The van der Waals surface area contributed by atoms with Gasteiger partial charge in [-0.15, -0.1) is 0 Å². The molecule has 2 aromatic heterocycles. The second kappa shape index (κ2) is 10.4. The molecule has 2 N–H and O–H groups in total. The average Bonchev–Trinajstić information content (AvgIpc) is 3.55. The third-order valence-corrected chi connectivity index (χ3v) is 6.82. The highest BCUT2D eigenvalue weighted by Gasteiger charge is 2.30. The third kappa shape index (κ3) is 4.84. The standard InChI is InChI=1S/C25H32N6O3/c32-15-4-16-34-22-6-3-5-21-20(22)17-27-31(21)23-11-12-26-25(29-23)28-19-9-7-18(8-10-19)24(33)30-13-1-2-14-30/h3,5-6,11-12,17-19,32H,1-2,4,7-10,13-16H2,(H,26,28,29). The number of hydrogen-bond donors (Lipinski definition) is 2. The van der Waals surface area contributed by atoms with Crippen LogP contribution in [0.2, 0.25) is 0 Å². The monoisotopic (exact) mass is 464 g/mol. The molecule has 3 heterocycles. The fraction of sp³-hybridized carbons (Fsp3) is 0.520. The number of nitrogens with zero attached hydrogens (tertiary/aromatic N) is 5. The molecule has 1 aliphatic carbocycles. The Bertz CT molecular complexity index is 1120. The zero-order valence-corrected chi connectivity index (χ0v) is 19.4. The number of fused-ring (bicyclic) bond motifs is 1. The molecule has 2 aliphatic rings. The van der Waals surface area contributed by atoms with E-state index in [-0.39, 0.29) is 18.6 Å². The van der Waals surface area contributed by atoms with Crippen LogP contribution in [-0.4, -0.2) is 68.0 Å². The smallest absolute Gasteiger partial charge is 0.225 e. The van der Waals surface area contributed by atoms with Gasteiger partial charge in [-0.05, 0) is 50.7 Å². The minimum Gasteiger partial charge on any atom is -0.493 e. The Kier molecular flexibility index (Phi) is 6.89. The maximum Gasteiger partial charge on any atom is 0.225 e. The van der Waals surface area contributed by atoms with E-state index in [4.69, 9.17) is 14.8 Å². The van der Waals surface area contributed by atoms with E-state index in [1.54, 1.807) is 17.1 Å². The van der Waals surface area contributed by atoms with Crippen LogP contribution in [0, 0.1) is 5.92 Å². The lowest BCUT2D eigenvalue weighted by Gasteiger charge is -2.30. The van der Waals surface area contributed by atoms with E-state index in [1.807, 2.05) is 29.2 Å². The maximum atomic E-state index is 12.7. The number of aliphatic hydroxyl groups excluding tert-OH is 1. The fourth-order valence-corrected chi connectivity index (χ4v) is 4.98. The summed E-state index contributed by atoms with van der Waals surface area (Å²) in [6.45, 7) is 2.41. The van der Waals surface area contributed by atoms with Crippen molar-refractivity contribution in [1.82, 2.24) is 24.6 Å². The lowest BCUT2D eigenvalue weighted by Crippen LogP contribution is -2.37. The molecule has 0 spiro atoms. The van der Waals surface area contributed by atoms with Crippen molar-refractivity contribution in [2.24, 2.45) is 5.92 Å². The van der Waals surface area contributed by atoms with Crippen LogP contribution in [0.5, 0.6) is 5.75 Å². The molecule has 180 valence electrons. The van der Waals surface area contributed by atoms with Crippen molar-refractivity contribution in [3.8, 4) is 11.6 Å². The highest BCUT2D eigenvalue weighted by Crippen LogP contribution is 2.29. The Morgan fingerprint density at radius 3 is 2.76 bits per heavy atom. The van der Waals surface area contributed by atoms with E-state index in [0.29, 0.717) is 30.7 Å². The molecule has 1 amide bonds. The summed E-state index contributed by atoms with van der Waals surface area (Å²) in [6, 6.07) is 7.91. The first kappa shape index (κ1) is 22.6.